The van der Waals surface area contributed by atoms with E-state index in [1.54, 1.807) is 30.3 Å². The standard InChI is InChI=1S/C20H15F2N3O2/c1-27-20-17-16(8-9-23-20)25(19-14(21)6-3-7-15(19)22)24-18(17)13-5-2-4-12(10-13)11-26/h2-10,26H,11H2,1H3. The Morgan fingerprint density at radius 2 is 1.81 bits per heavy atom. The van der Waals surface area contributed by atoms with Gasteiger partial charge >= 0.3 is 0 Å². The molecule has 0 aliphatic heterocycles. The zero-order valence-corrected chi connectivity index (χ0v) is 14.4. The molecule has 0 atom stereocenters. The average Bonchev–Trinajstić information content (AvgIpc) is 3.07. The topological polar surface area (TPSA) is 60.2 Å². The van der Waals surface area contributed by atoms with Crippen LogP contribution in [0, 0.1) is 11.6 Å². The van der Waals surface area contributed by atoms with Gasteiger partial charge in [0, 0.05) is 11.8 Å². The summed E-state index contributed by atoms with van der Waals surface area (Å²) in [5, 5.41) is 14.4. The summed E-state index contributed by atoms with van der Waals surface area (Å²) in [5.74, 6) is -1.17. The number of rotatable bonds is 4. The Labute approximate surface area is 153 Å². The summed E-state index contributed by atoms with van der Waals surface area (Å²) in [7, 11) is 1.47. The van der Waals surface area contributed by atoms with E-state index in [-0.39, 0.29) is 12.3 Å². The fourth-order valence-corrected chi connectivity index (χ4v) is 3.07. The minimum Gasteiger partial charge on any atom is -0.480 e. The molecule has 0 amide bonds. The molecule has 2 heterocycles. The van der Waals surface area contributed by atoms with E-state index < -0.39 is 11.6 Å². The molecule has 2 aromatic heterocycles. The summed E-state index contributed by atoms with van der Waals surface area (Å²) in [4.78, 5) is 4.19. The van der Waals surface area contributed by atoms with Gasteiger partial charge in [0.15, 0.2) is 11.6 Å². The normalized spacial score (nSPS) is 11.1. The fraction of sp³-hybridized carbons (Fsp3) is 0.100. The van der Waals surface area contributed by atoms with E-state index in [4.69, 9.17) is 4.74 Å². The zero-order chi connectivity index (χ0) is 19.0. The van der Waals surface area contributed by atoms with Gasteiger partial charge in [-0.3, -0.25) is 0 Å². The van der Waals surface area contributed by atoms with E-state index in [2.05, 4.69) is 10.1 Å². The van der Waals surface area contributed by atoms with Gasteiger partial charge in [-0.1, -0.05) is 24.3 Å². The summed E-state index contributed by atoms with van der Waals surface area (Å²) in [5.41, 5.74) is 1.99. The van der Waals surface area contributed by atoms with E-state index in [0.29, 0.717) is 33.6 Å². The second kappa shape index (κ2) is 6.77. The Morgan fingerprint density at radius 3 is 2.52 bits per heavy atom. The lowest BCUT2D eigenvalue weighted by Gasteiger charge is -2.06. The lowest BCUT2D eigenvalue weighted by atomic mass is 10.1. The van der Waals surface area contributed by atoms with Crippen LogP contribution in [0.4, 0.5) is 8.78 Å². The van der Waals surface area contributed by atoms with Crippen molar-refractivity contribution in [2.45, 2.75) is 6.61 Å². The molecule has 4 aromatic rings. The van der Waals surface area contributed by atoms with Gasteiger partial charge in [0.05, 0.1) is 24.6 Å². The lowest BCUT2D eigenvalue weighted by molar-refractivity contribution is 0.282. The van der Waals surface area contributed by atoms with Crippen LogP contribution in [0.1, 0.15) is 5.56 Å². The van der Waals surface area contributed by atoms with Gasteiger partial charge in [0.1, 0.15) is 11.4 Å². The number of para-hydroxylation sites is 1. The number of methoxy groups -OCH3 is 1. The van der Waals surface area contributed by atoms with Crippen molar-refractivity contribution in [3.8, 4) is 22.8 Å². The highest BCUT2D eigenvalue weighted by molar-refractivity contribution is 5.97. The molecule has 0 fully saturated rings. The van der Waals surface area contributed by atoms with Crippen molar-refractivity contribution in [1.82, 2.24) is 14.8 Å². The first kappa shape index (κ1) is 17.1. The van der Waals surface area contributed by atoms with Gasteiger partial charge in [-0.05, 0) is 29.8 Å². The van der Waals surface area contributed by atoms with Crippen molar-refractivity contribution >= 4 is 10.9 Å². The summed E-state index contributed by atoms with van der Waals surface area (Å²) in [6.07, 6.45) is 1.49. The third-order valence-electron chi connectivity index (χ3n) is 4.28. The number of hydrogen-bond acceptors (Lipinski definition) is 4. The molecule has 2 aromatic carbocycles. The number of hydrogen-bond donors (Lipinski definition) is 1. The van der Waals surface area contributed by atoms with E-state index in [1.807, 2.05) is 0 Å². The van der Waals surface area contributed by atoms with Crippen LogP contribution in [0.15, 0.2) is 54.7 Å². The third kappa shape index (κ3) is 2.82. The number of halogens is 2. The monoisotopic (exact) mass is 367 g/mol. The number of benzene rings is 2. The number of aliphatic hydroxyl groups excluding tert-OH is 1. The zero-order valence-electron chi connectivity index (χ0n) is 14.4. The van der Waals surface area contributed by atoms with E-state index in [0.717, 1.165) is 0 Å². The number of aliphatic hydroxyl groups is 1. The molecule has 27 heavy (non-hydrogen) atoms. The van der Waals surface area contributed by atoms with Crippen LogP contribution in [0.25, 0.3) is 27.8 Å². The highest BCUT2D eigenvalue weighted by Gasteiger charge is 2.22. The molecule has 0 unspecified atom stereocenters. The summed E-state index contributed by atoms with van der Waals surface area (Å²) < 4.78 is 35.4. The molecule has 0 saturated heterocycles. The molecule has 0 radical (unpaired) electrons. The maximum atomic E-state index is 14.4. The first-order valence-electron chi connectivity index (χ1n) is 8.20. The molecule has 5 nitrogen and oxygen atoms in total. The predicted octanol–water partition coefficient (Wildman–Crippen LogP) is 3.87. The molecule has 136 valence electrons. The number of aromatic nitrogens is 3. The van der Waals surface area contributed by atoms with Crippen molar-refractivity contribution in [1.29, 1.82) is 0 Å². The summed E-state index contributed by atoms with van der Waals surface area (Å²) in [6, 6.07) is 12.4. The van der Waals surface area contributed by atoms with Crippen LogP contribution in [0.3, 0.4) is 0 Å². The highest BCUT2D eigenvalue weighted by Crippen LogP contribution is 2.36. The van der Waals surface area contributed by atoms with Gasteiger partial charge in [-0.25, -0.2) is 18.4 Å². The highest BCUT2D eigenvalue weighted by atomic mass is 19.1. The van der Waals surface area contributed by atoms with Gasteiger partial charge < -0.3 is 9.84 Å². The smallest absolute Gasteiger partial charge is 0.224 e. The van der Waals surface area contributed by atoms with Crippen molar-refractivity contribution in [3.05, 3.63) is 71.9 Å². The molecule has 7 heteroatoms. The average molecular weight is 367 g/mol. The molecular formula is C20H15F2N3O2. The van der Waals surface area contributed by atoms with Gasteiger partial charge in [-0.2, -0.15) is 5.10 Å². The maximum Gasteiger partial charge on any atom is 0.224 e. The Balaban J connectivity index is 2.08. The molecule has 0 aliphatic carbocycles. The SMILES string of the molecule is COc1nccc2c1c(-c1cccc(CO)c1)nn2-c1c(F)cccc1F. The van der Waals surface area contributed by atoms with E-state index >= 15 is 0 Å². The van der Waals surface area contributed by atoms with Crippen LogP contribution >= 0.6 is 0 Å². The molecule has 0 saturated carbocycles. The maximum absolute atomic E-state index is 14.4. The van der Waals surface area contributed by atoms with Gasteiger partial charge in [0.25, 0.3) is 0 Å². The first-order chi connectivity index (χ1) is 13.1. The molecular weight excluding hydrogens is 352 g/mol. The second-order valence-electron chi connectivity index (χ2n) is 5.90. The summed E-state index contributed by atoms with van der Waals surface area (Å²) >= 11 is 0. The van der Waals surface area contributed by atoms with Crippen molar-refractivity contribution in [3.63, 3.8) is 0 Å². The van der Waals surface area contributed by atoms with Crippen LogP contribution in [-0.4, -0.2) is 27.0 Å². The van der Waals surface area contributed by atoms with Crippen LogP contribution in [0.5, 0.6) is 5.88 Å². The minimum absolute atomic E-state index is 0.135. The van der Waals surface area contributed by atoms with E-state index in [1.165, 1.54) is 36.2 Å². The predicted molar refractivity (Wildman–Crippen MR) is 96.7 cm³/mol. The number of ether oxygens (including phenoxy) is 1. The Kier molecular flexibility index (Phi) is 4.29. The molecule has 0 aliphatic rings. The van der Waals surface area contributed by atoms with Crippen molar-refractivity contribution < 1.29 is 18.6 Å². The molecule has 0 spiro atoms. The van der Waals surface area contributed by atoms with Crippen LogP contribution in [-0.2, 0) is 6.61 Å². The summed E-state index contributed by atoms with van der Waals surface area (Å²) in [6.45, 7) is -0.135. The Bertz CT molecular complexity index is 1120. The number of fused-ring (bicyclic) bond motifs is 1. The molecule has 1 N–H and O–H groups in total. The first-order valence-corrected chi connectivity index (χ1v) is 8.20. The van der Waals surface area contributed by atoms with E-state index in [9.17, 15) is 13.9 Å². The van der Waals surface area contributed by atoms with Crippen LogP contribution < -0.4 is 4.74 Å². The van der Waals surface area contributed by atoms with Gasteiger partial charge in [-0.15, -0.1) is 0 Å². The molecule has 0 bridgehead atoms. The number of nitrogens with zero attached hydrogens (tertiary/aromatic N) is 3. The number of pyridine rings is 1. The molecule has 4 rings (SSSR count). The van der Waals surface area contributed by atoms with Gasteiger partial charge in [0.2, 0.25) is 5.88 Å². The fourth-order valence-electron chi connectivity index (χ4n) is 3.07. The van der Waals surface area contributed by atoms with Crippen molar-refractivity contribution in [2.75, 3.05) is 7.11 Å². The quantitative estimate of drug-likeness (QED) is 0.595. The third-order valence-corrected chi connectivity index (χ3v) is 4.28. The van der Waals surface area contributed by atoms with Crippen LogP contribution in [0.2, 0.25) is 0 Å². The minimum atomic E-state index is -0.731. The lowest BCUT2D eigenvalue weighted by Crippen LogP contribution is -2.03. The Hall–Kier alpha value is -3.32. The van der Waals surface area contributed by atoms with Crippen molar-refractivity contribution in [2.24, 2.45) is 0 Å². The second-order valence-corrected chi connectivity index (χ2v) is 5.90. The Morgan fingerprint density at radius 1 is 1.07 bits per heavy atom. The largest absolute Gasteiger partial charge is 0.480 e.